The van der Waals surface area contributed by atoms with Crippen LogP contribution >= 0.6 is 0 Å². The minimum absolute atomic E-state index is 0.0667. The maximum Gasteiger partial charge on any atom is 0.323 e. The first-order chi connectivity index (χ1) is 10.5. The normalized spacial score (nSPS) is 15.2. The highest BCUT2D eigenvalue weighted by Crippen LogP contribution is 2.29. The fraction of sp³-hybridized carbons (Fsp3) is 0.529. The smallest absolute Gasteiger partial charge is 0.323 e. The zero-order chi connectivity index (χ0) is 16.1. The van der Waals surface area contributed by atoms with E-state index >= 15 is 0 Å². The molecule has 0 bridgehead atoms. The third-order valence-corrected chi connectivity index (χ3v) is 4.03. The Kier molecular flexibility index (Phi) is 5.41. The Labute approximate surface area is 130 Å². The molecule has 1 fully saturated rings. The van der Waals surface area contributed by atoms with Gasteiger partial charge in [-0.2, -0.15) is 0 Å². The van der Waals surface area contributed by atoms with E-state index in [9.17, 15) is 9.59 Å². The molecular weight excluding hydrogens is 282 g/mol. The van der Waals surface area contributed by atoms with Crippen LogP contribution in [0.5, 0.6) is 5.75 Å². The Hall–Kier alpha value is -2.04. The number of aliphatic carboxylic acids is 1. The van der Waals surface area contributed by atoms with Crippen molar-refractivity contribution >= 4 is 11.9 Å². The lowest BCUT2D eigenvalue weighted by Gasteiger charge is -2.21. The van der Waals surface area contributed by atoms with E-state index in [-0.39, 0.29) is 25.1 Å². The monoisotopic (exact) mass is 305 g/mol. The molecule has 1 saturated carbocycles. The van der Waals surface area contributed by atoms with Crippen molar-refractivity contribution in [2.45, 2.75) is 45.1 Å². The largest absolute Gasteiger partial charge is 0.483 e. The topological polar surface area (TPSA) is 66.8 Å². The number of para-hydroxylation sites is 1. The molecule has 22 heavy (non-hydrogen) atoms. The lowest BCUT2D eigenvalue weighted by molar-refractivity contribution is -0.145. The van der Waals surface area contributed by atoms with Gasteiger partial charge in [0.15, 0.2) is 6.61 Å². The van der Waals surface area contributed by atoms with Crippen molar-refractivity contribution in [1.29, 1.82) is 0 Å². The van der Waals surface area contributed by atoms with Gasteiger partial charge < -0.3 is 14.7 Å². The van der Waals surface area contributed by atoms with Crippen LogP contribution in [0.15, 0.2) is 24.3 Å². The van der Waals surface area contributed by atoms with Gasteiger partial charge >= 0.3 is 5.97 Å². The van der Waals surface area contributed by atoms with Crippen LogP contribution in [0.25, 0.3) is 0 Å². The van der Waals surface area contributed by atoms with E-state index in [1.54, 1.807) is 0 Å². The van der Waals surface area contributed by atoms with Crippen LogP contribution in [0.1, 0.15) is 44.6 Å². The molecule has 1 unspecified atom stereocenters. The van der Waals surface area contributed by atoms with Gasteiger partial charge in [0.05, 0.1) is 0 Å². The summed E-state index contributed by atoms with van der Waals surface area (Å²) in [5.41, 5.74) is 1.08. The molecule has 1 aromatic rings. The maximum atomic E-state index is 12.2. The van der Waals surface area contributed by atoms with Crippen LogP contribution < -0.4 is 4.74 Å². The van der Waals surface area contributed by atoms with E-state index in [2.05, 4.69) is 13.8 Å². The number of carboxylic acids is 1. The molecule has 1 amide bonds. The number of hydrogen-bond acceptors (Lipinski definition) is 3. The Morgan fingerprint density at radius 2 is 2.05 bits per heavy atom. The summed E-state index contributed by atoms with van der Waals surface area (Å²) in [4.78, 5) is 24.5. The summed E-state index contributed by atoms with van der Waals surface area (Å²) in [6, 6.07) is 7.76. The zero-order valence-corrected chi connectivity index (χ0v) is 13.1. The van der Waals surface area contributed by atoms with Crippen LogP contribution in [0, 0.1) is 0 Å². The molecule has 1 aliphatic carbocycles. The lowest BCUT2D eigenvalue weighted by Crippen LogP contribution is -2.40. The Bertz CT molecular complexity index is 539. The van der Waals surface area contributed by atoms with E-state index in [4.69, 9.17) is 9.84 Å². The summed E-state index contributed by atoms with van der Waals surface area (Å²) in [6.45, 7) is 3.86. The predicted octanol–water partition coefficient (Wildman–Crippen LogP) is 2.65. The first-order valence-electron chi connectivity index (χ1n) is 7.76. The summed E-state index contributed by atoms with van der Waals surface area (Å²) in [5.74, 6) is -0.190. The number of amides is 1. The molecule has 1 N–H and O–H groups in total. The van der Waals surface area contributed by atoms with E-state index in [0.717, 1.165) is 24.8 Å². The van der Waals surface area contributed by atoms with Gasteiger partial charge in [0.1, 0.15) is 12.3 Å². The van der Waals surface area contributed by atoms with E-state index in [1.807, 2.05) is 24.3 Å². The molecule has 0 heterocycles. The van der Waals surface area contributed by atoms with Crippen molar-refractivity contribution in [2.75, 3.05) is 13.2 Å². The van der Waals surface area contributed by atoms with Crippen LogP contribution in [0.3, 0.4) is 0 Å². The maximum absolute atomic E-state index is 12.2. The molecular formula is C17H23NO4. The van der Waals surface area contributed by atoms with Crippen LogP contribution in [-0.4, -0.2) is 41.1 Å². The highest BCUT2D eigenvalue weighted by Gasteiger charge is 2.34. The third kappa shape index (κ3) is 4.23. The predicted molar refractivity (Wildman–Crippen MR) is 83.0 cm³/mol. The minimum atomic E-state index is -0.986. The summed E-state index contributed by atoms with van der Waals surface area (Å²) < 4.78 is 5.68. The summed E-state index contributed by atoms with van der Waals surface area (Å²) >= 11 is 0. The van der Waals surface area contributed by atoms with Gasteiger partial charge in [-0.15, -0.1) is 0 Å². The second kappa shape index (κ2) is 7.29. The van der Waals surface area contributed by atoms with Gasteiger partial charge in [-0.25, -0.2) is 0 Å². The standard InChI is InChI=1S/C17H23NO4/c1-3-12(2)14-6-4-5-7-15(14)22-11-16(19)18(10-17(20)21)13-8-9-13/h4-7,12-13H,3,8-11H2,1-2H3,(H,20,21). The number of benzene rings is 1. The molecule has 1 aromatic carbocycles. The number of carbonyl (C=O) groups excluding carboxylic acids is 1. The van der Waals surface area contributed by atoms with Crippen molar-refractivity contribution in [3.05, 3.63) is 29.8 Å². The first-order valence-corrected chi connectivity index (χ1v) is 7.76. The fourth-order valence-corrected chi connectivity index (χ4v) is 2.41. The van der Waals surface area contributed by atoms with E-state index in [1.165, 1.54) is 4.90 Å². The second-order valence-electron chi connectivity index (χ2n) is 5.78. The third-order valence-electron chi connectivity index (χ3n) is 4.03. The molecule has 1 atom stereocenters. The molecule has 0 aromatic heterocycles. The van der Waals surface area contributed by atoms with E-state index in [0.29, 0.717) is 11.7 Å². The lowest BCUT2D eigenvalue weighted by atomic mass is 9.98. The Balaban J connectivity index is 1.99. The fourth-order valence-electron chi connectivity index (χ4n) is 2.41. The zero-order valence-electron chi connectivity index (χ0n) is 13.1. The van der Waals surface area contributed by atoms with E-state index < -0.39 is 5.97 Å². The van der Waals surface area contributed by atoms with Gasteiger partial charge in [0.25, 0.3) is 5.91 Å². The van der Waals surface area contributed by atoms with Crippen LogP contribution in [0.2, 0.25) is 0 Å². The molecule has 5 nitrogen and oxygen atoms in total. The van der Waals surface area contributed by atoms with Gasteiger partial charge in [0.2, 0.25) is 0 Å². The van der Waals surface area contributed by atoms with Crippen molar-refractivity contribution in [2.24, 2.45) is 0 Å². The number of carbonyl (C=O) groups is 2. The van der Waals surface area contributed by atoms with Gasteiger partial charge in [-0.1, -0.05) is 32.0 Å². The molecule has 1 aliphatic rings. The summed E-state index contributed by atoms with van der Waals surface area (Å²) in [6.07, 6.45) is 2.74. The second-order valence-corrected chi connectivity index (χ2v) is 5.78. The minimum Gasteiger partial charge on any atom is -0.483 e. The SMILES string of the molecule is CCC(C)c1ccccc1OCC(=O)N(CC(=O)O)C1CC1. The average Bonchev–Trinajstić information content (AvgIpc) is 3.34. The molecule has 0 spiro atoms. The molecule has 0 aliphatic heterocycles. The van der Waals surface area contributed by atoms with Crippen molar-refractivity contribution in [1.82, 2.24) is 4.90 Å². The number of ether oxygens (including phenoxy) is 1. The number of nitrogens with zero attached hydrogens (tertiary/aromatic N) is 1. The van der Waals surface area contributed by atoms with Crippen LogP contribution in [-0.2, 0) is 9.59 Å². The van der Waals surface area contributed by atoms with Gasteiger partial charge in [0, 0.05) is 6.04 Å². The Morgan fingerprint density at radius 3 is 2.64 bits per heavy atom. The number of hydrogen-bond donors (Lipinski definition) is 1. The van der Waals surface area contributed by atoms with Gasteiger partial charge in [-0.05, 0) is 36.8 Å². The number of rotatable bonds is 8. The number of carboxylic acid groups (broad SMARTS) is 1. The van der Waals surface area contributed by atoms with Crippen molar-refractivity contribution in [3.8, 4) is 5.75 Å². The van der Waals surface area contributed by atoms with Crippen molar-refractivity contribution in [3.63, 3.8) is 0 Å². The quantitative estimate of drug-likeness (QED) is 0.802. The Morgan fingerprint density at radius 1 is 1.36 bits per heavy atom. The highest BCUT2D eigenvalue weighted by atomic mass is 16.5. The highest BCUT2D eigenvalue weighted by molar-refractivity contribution is 5.83. The summed E-state index contributed by atoms with van der Waals surface area (Å²) in [5, 5.41) is 8.91. The summed E-state index contributed by atoms with van der Waals surface area (Å²) in [7, 11) is 0. The first kappa shape index (κ1) is 16.3. The molecule has 0 saturated heterocycles. The molecule has 2 rings (SSSR count). The molecule has 0 radical (unpaired) electrons. The van der Waals surface area contributed by atoms with Crippen LogP contribution in [0.4, 0.5) is 0 Å². The van der Waals surface area contributed by atoms with Gasteiger partial charge in [-0.3, -0.25) is 9.59 Å². The average molecular weight is 305 g/mol. The molecule has 120 valence electrons. The van der Waals surface area contributed by atoms with Crippen molar-refractivity contribution < 1.29 is 19.4 Å². The molecule has 5 heteroatoms.